The molecule has 1 aliphatic carbocycles. The van der Waals surface area contributed by atoms with Crippen molar-refractivity contribution in [2.45, 2.75) is 38.3 Å². The molecule has 2 aromatic rings. The number of nitro groups is 1. The summed E-state index contributed by atoms with van der Waals surface area (Å²) >= 11 is 1.37. The lowest BCUT2D eigenvalue weighted by atomic mass is 10.1. The number of aryl methyl sites for hydroxylation is 2. The Labute approximate surface area is 156 Å². The third kappa shape index (κ3) is 4.38. The summed E-state index contributed by atoms with van der Waals surface area (Å²) in [5, 5.41) is 11.1. The lowest BCUT2D eigenvalue weighted by molar-refractivity contribution is -0.384. The summed E-state index contributed by atoms with van der Waals surface area (Å²) in [7, 11) is 0. The number of nitrogens with one attached hydrogen (secondary N) is 2. The highest BCUT2D eigenvalue weighted by Crippen LogP contribution is 2.35. The number of alkyl halides is 3. The van der Waals surface area contributed by atoms with Gasteiger partial charge in [0.25, 0.3) is 11.6 Å². The molecule has 1 aromatic heterocycles. The summed E-state index contributed by atoms with van der Waals surface area (Å²) in [4.78, 5) is 24.1. The van der Waals surface area contributed by atoms with Crippen molar-refractivity contribution in [3.05, 3.63) is 55.3 Å². The van der Waals surface area contributed by atoms with Crippen LogP contribution < -0.4 is 10.9 Å². The summed E-state index contributed by atoms with van der Waals surface area (Å²) in [6, 6.07) is 3.88. The van der Waals surface area contributed by atoms with Gasteiger partial charge in [-0.15, -0.1) is 11.3 Å². The van der Waals surface area contributed by atoms with Crippen LogP contribution in [0.15, 0.2) is 24.3 Å². The molecule has 0 saturated carbocycles. The van der Waals surface area contributed by atoms with E-state index in [1.165, 1.54) is 11.3 Å². The molecule has 0 aliphatic heterocycles. The van der Waals surface area contributed by atoms with Crippen molar-refractivity contribution < 1.29 is 22.9 Å². The summed E-state index contributed by atoms with van der Waals surface area (Å²) in [6.07, 6.45) is 0.441. The molecule has 6 nitrogen and oxygen atoms in total. The van der Waals surface area contributed by atoms with Crippen LogP contribution in [0.4, 0.5) is 24.5 Å². The fourth-order valence-corrected chi connectivity index (χ4v) is 4.08. The van der Waals surface area contributed by atoms with Crippen molar-refractivity contribution in [1.29, 1.82) is 0 Å². The number of hydrogen-bond acceptors (Lipinski definition) is 5. The van der Waals surface area contributed by atoms with Gasteiger partial charge in [-0.3, -0.25) is 25.8 Å². The number of amides is 1. The van der Waals surface area contributed by atoms with Gasteiger partial charge >= 0.3 is 6.18 Å². The smallest absolute Gasteiger partial charge is 0.292 e. The molecule has 0 unspecified atom stereocenters. The van der Waals surface area contributed by atoms with Crippen LogP contribution in [-0.4, -0.2) is 10.8 Å². The molecule has 0 fully saturated rings. The van der Waals surface area contributed by atoms with E-state index in [1.54, 1.807) is 0 Å². The molecular formula is C17H16F3N3O3S. The SMILES string of the molecule is O=C(NNc1ccc(C(F)(F)F)cc1[N+](=O)[O-])c1cc2c(s1)CCCCC2. The molecule has 0 bridgehead atoms. The van der Waals surface area contributed by atoms with Crippen LogP contribution in [0.5, 0.6) is 0 Å². The second kappa shape index (κ2) is 7.55. The van der Waals surface area contributed by atoms with Gasteiger partial charge in [0, 0.05) is 10.9 Å². The predicted molar refractivity (Wildman–Crippen MR) is 94.8 cm³/mol. The van der Waals surface area contributed by atoms with E-state index in [4.69, 9.17) is 0 Å². The number of nitrogens with zero attached hydrogens (tertiary/aromatic N) is 1. The summed E-state index contributed by atoms with van der Waals surface area (Å²) in [5.41, 5.74) is 3.71. The van der Waals surface area contributed by atoms with Gasteiger partial charge in [0.15, 0.2) is 0 Å². The molecule has 1 aromatic carbocycles. The molecule has 144 valence electrons. The third-order valence-electron chi connectivity index (χ3n) is 4.30. The number of anilines is 1. The maximum atomic E-state index is 12.7. The van der Waals surface area contributed by atoms with E-state index >= 15 is 0 Å². The molecule has 0 saturated heterocycles. The monoisotopic (exact) mass is 399 g/mol. The number of hydrazine groups is 1. The highest BCUT2D eigenvalue weighted by molar-refractivity contribution is 7.14. The second-order valence-electron chi connectivity index (χ2n) is 6.19. The highest BCUT2D eigenvalue weighted by Gasteiger charge is 2.33. The van der Waals surface area contributed by atoms with Gasteiger partial charge in [-0.05, 0) is 49.4 Å². The number of thiophene rings is 1. The Bertz CT molecular complexity index is 857. The summed E-state index contributed by atoms with van der Waals surface area (Å²) in [6.45, 7) is 0. The van der Waals surface area contributed by atoms with Crippen molar-refractivity contribution in [3.63, 3.8) is 0 Å². The molecule has 1 amide bonds. The minimum atomic E-state index is -4.69. The summed E-state index contributed by atoms with van der Waals surface area (Å²) < 4.78 is 38.2. The lowest BCUT2D eigenvalue weighted by Crippen LogP contribution is -2.29. The molecule has 10 heteroatoms. The van der Waals surface area contributed by atoms with Gasteiger partial charge in [-0.1, -0.05) is 6.42 Å². The third-order valence-corrected chi connectivity index (χ3v) is 5.54. The molecule has 0 radical (unpaired) electrons. The first kappa shape index (κ1) is 19.2. The Morgan fingerprint density at radius 1 is 1.15 bits per heavy atom. The Kier molecular flexibility index (Phi) is 5.36. The number of nitro benzene ring substituents is 1. The Morgan fingerprint density at radius 2 is 1.89 bits per heavy atom. The Balaban J connectivity index is 1.74. The number of halogens is 3. The van der Waals surface area contributed by atoms with E-state index in [1.807, 2.05) is 6.07 Å². The minimum Gasteiger partial charge on any atom is -0.292 e. The first-order chi connectivity index (χ1) is 12.8. The second-order valence-corrected chi connectivity index (χ2v) is 7.32. The zero-order chi connectivity index (χ0) is 19.6. The van der Waals surface area contributed by atoms with Crippen molar-refractivity contribution >= 4 is 28.6 Å². The molecule has 2 N–H and O–H groups in total. The largest absolute Gasteiger partial charge is 0.416 e. The predicted octanol–water partition coefficient (Wildman–Crippen LogP) is 4.70. The van der Waals surface area contributed by atoms with Crippen molar-refractivity contribution in [2.75, 3.05) is 5.43 Å². The highest BCUT2D eigenvalue weighted by atomic mass is 32.1. The van der Waals surface area contributed by atoms with Gasteiger partial charge in [0.2, 0.25) is 0 Å². The molecule has 3 rings (SSSR count). The first-order valence-corrected chi connectivity index (χ1v) is 9.11. The van der Waals surface area contributed by atoms with E-state index in [2.05, 4.69) is 10.9 Å². The average molecular weight is 399 g/mol. The number of carbonyl (C=O) groups excluding carboxylic acids is 1. The van der Waals surface area contributed by atoms with E-state index in [9.17, 15) is 28.1 Å². The average Bonchev–Trinajstić information content (AvgIpc) is 2.89. The van der Waals surface area contributed by atoms with E-state index < -0.39 is 28.3 Å². The molecule has 0 atom stereocenters. The summed E-state index contributed by atoms with van der Waals surface area (Å²) in [5.74, 6) is -0.484. The van der Waals surface area contributed by atoms with Crippen molar-refractivity contribution in [1.82, 2.24) is 5.43 Å². The molecule has 1 aliphatic rings. The van der Waals surface area contributed by atoms with Gasteiger partial charge in [-0.25, -0.2) is 0 Å². The quantitative estimate of drug-likeness (QED) is 0.443. The number of fused-ring (bicyclic) bond motifs is 1. The number of hydrogen-bond donors (Lipinski definition) is 2. The fraction of sp³-hybridized carbons (Fsp3) is 0.353. The van der Waals surface area contributed by atoms with Crippen LogP contribution in [-0.2, 0) is 19.0 Å². The van der Waals surface area contributed by atoms with Crippen LogP contribution in [0.3, 0.4) is 0 Å². The lowest BCUT2D eigenvalue weighted by Gasteiger charge is -2.11. The van der Waals surface area contributed by atoms with Crippen LogP contribution in [0.2, 0.25) is 0 Å². The number of rotatable bonds is 4. The minimum absolute atomic E-state index is 0.223. The van der Waals surface area contributed by atoms with Gasteiger partial charge in [0.05, 0.1) is 15.4 Å². The van der Waals surface area contributed by atoms with Gasteiger partial charge in [0.1, 0.15) is 5.69 Å². The molecule has 0 spiro atoms. The maximum absolute atomic E-state index is 12.7. The fourth-order valence-electron chi connectivity index (χ4n) is 2.93. The maximum Gasteiger partial charge on any atom is 0.416 e. The number of benzene rings is 1. The van der Waals surface area contributed by atoms with Crippen molar-refractivity contribution in [3.8, 4) is 0 Å². The Hall–Kier alpha value is -2.62. The molecular weight excluding hydrogens is 383 g/mol. The first-order valence-electron chi connectivity index (χ1n) is 8.29. The normalized spacial score (nSPS) is 14.2. The Morgan fingerprint density at radius 3 is 2.59 bits per heavy atom. The standard InChI is InChI=1S/C17H16F3N3O3S/c18-17(19,20)11-6-7-12(13(9-11)23(25)26)21-22-16(24)15-8-10-4-2-1-3-5-14(10)27-15/h6-9,21H,1-5H2,(H,22,24). The van der Waals surface area contributed by atoms with E-state index in [-0.39, 0.29) is 5.69 Å². The number of carbonyl (C=O) groups is 1. The van der Waals surface area contributed by atoms with Crippen LogP contribution in [0, 0.1) is 10.1 Å². The van der Waals surface area contributed by atoms with Gasteiger partial charge in [-0.2, -0.15) is 13.2 Å². The van der Waals surface area contributed by atoms with E-state index in [0.29, 0.717) is 10.9 Å². The van der Waals surface area contributed by atoms with Crippen LogP contribution in [0.1, 0.15) is 44.9 Å². The zero-order valence-electron chi connectivity index (χ0n) is 14.1. The van der Waals surface area contributed by atoms with Crippen LogP contribution in [0.25, 0.3) is 0 Å². The molecule has 27 heavy (non-hydrogen) atoms. The molecule has 1 heterocycles. The zero-order valence-corrected chi connectivity index (χ0v) is 14.9. The van der Waals surface area contributed by atoms with Crippen molar-refractivity contribution in [2.24, 2.45) is 0 Å². The van der Waals surface area contributed by atoms with E-state index in [0.717, 1.165) is 54.7 Å². The van der Waals surface area contributed by atoms with Crippen LogP contribution >= 0.6 is 11.3 Å². The topological polar surface area (TPSA) is 84.3 Å². The van der Waals surface area contributed by atoms with Gasteiger partial charge < -0.3 is 0 Å².